The third-order valence-electron chi connectivity index (χ3n) is 5.16. The Morgan fingerprint density at radius 2 is 1.97 bits per heavy atom. The van der Waals surface area contributed by atoms with Crippen LogP contribution in [-0.4, -0.2) is 30.6 Å². The Labute approximate surface area is 183 Å². The first-order valence-electron chi connectivity index (χ1n) is 10.0. The van der Waals surface area contributed by atoms with Gasteiger partial charge in [-0.25, -0.2) is 4.98 Å². The first-order valence-corrected chi connectivity index (χ1v) is 10.0. The Bertz CT molecular complexity index is 1410. The van der Waals surface area contributed by atoms with E-state index in [0.29, 0.717) is 11.6 Å². The molecule has 4 heterocycles. The molecule has 8 heteroatoms. The Kier molecular flexibility index (Phi) is 4.87. The van der Waals surface area contributed by atoms with Crippen LogP contribution in [0.1, 0.15) is 18.2 Å². The highest BCUT2D eigenvalue weighted by Gasteiger charge is 2.11. The normalized spacial score (nSPS) is 11.0. The van der Waals surface area contributed by atoms with Crippen LogP contribution < -0.4 is 5.32 Å². The Morgan fingerprint density at radius 1 is 1.12 bits per heavy atom. The Hall–Kier alpha value is -4.46. The first-order chi connectivity index (χ1) is 15.6. The van der Waals surface area contributed by atoms with Crippen molar-refractivity contribution >= 4 is 22.9 Å². The lowest BCUT2D eigenvalue weighted by molar-refractivity contribution is -0.115. The quantitative estimate of drug-likeness (QED) is 0.415. The van der Waals surface area contributed by atoms with Crippen LogP contribution in [-0.2, 0) is 11.2 Å². The van der Waals surface area contributed by atoms with Crippen LogP contribution in [0.25, 0.3) is 33.6 Å². The minimum atomic E-state index is -0.166. The summed E-state index contributed by atoms with van der Waals surface area (Å²) in [5.41, 5.74) is 6.55. The van der Waals surface area contributed by atoms with Crippen molar-refractivity contribution < 1.29 is 9.32 Å². The van der Waals surface area contributed by atoms with Crippen LogP contribution in [0.3, 0.4) is 0 Å². The summed E-state index contributed by atoms with van der Waals surface area (Å²) in [5, 5.41) is 13.4. The minimum Gasteiger partial charge on any atom is -0.354 e. The number of allylic oxidation sites excluding steroid dienone is 1. The topological polar surface area (TPSA) is 101 Å². The largest absolute Gasteiger partial charge is 0.354 e. The van der Waals surface area contributed by atoms with Crippen LogP contribution in [0, 0.1) is 0 Å². The number of benzene rings is 1. The number of carbonyl (C=O) groups is 1. The lowest BCUT2D eigenvalue weighted by Gasteiger charge is -2.06. The van der Waals surface area contributed by atoms with Crippen molar-refractivity contribution in [2.45, 2.75) is 13.3 Å². The molecule has 5 rings (SSSR count). The molecule has 0 radical (unpaired) electrons. The second kappa shape index (κ2) is 7.99. The van der Waals surface area contributed by atoms with Crippen LogP contribution in [0.2, 0.25) is 0 Å². The molecule has 0 bridgehead atoms. The molecule has 0 saturated carbocycles. The van der Waals surface area contributed by atoms with E-state index in [4.69, 9.17) is 4.52 Å². The van der Waals surface area contributed by atoms with E-state index < -0.39 is 0 Å². The van der Waals surface area contributed by atoms with Gasteiger partial charge in [-0.3, -0.25) is 14.3 Å². The number of fused-ring (bicyclic) bond motifs is 1. The van der Waals surface area contributed by atoms with Gasteiger partial charge in [0.15, 0.2) is 11.6 Å². The summed E-state index contributed by atoms with van der Waals surface area (Å²) in [6.07, 6.45) is 7.72. The number of hydrogen-bond donors (Lipinski definition) is 2. The van der Waals surface area contributed by atoms with Crippen LogP contribution in [0.4, 0.5) is 5.82 Å². The predicted molar refractivity (Wildman–Crippen MR) is 122 cm³/mol. The maximum absolute atomic E-state index is 12.3. The number of amides is 1. The molecule has 158 valence electrons. The van der Waals surface area contributed by atoms with Gasteiger partial charge in [-0.2, -0.15) is 5.10 Å². The number of aromatic amines is 1. The zero-order chi connectivity index (χ0) is 22.1. The molecule has 0 spiro atoms. The van der Waals surface area contributed by atoms with E-state index in [-0.39, 0.29) is 12.3 Å². The van der Waals surface area contributed by atoms with Crippen molar-refractivity contribution in [2.24, 2.45) is 0 Å². The standard InChI is InChI=1S/C24H20N6O2/c1-15(2)21-11-22(29-32-21)28-24(31)9-16-3-5-17(6-4-16)20-14-25-23-10-18(7-8-30(20)23)19-12-26-27-13-19/h3-8,10-14H,1,9H2,2H3,(H,26,27)(H,28,29,31). The molecule has 0 unspecified atom stereocenters. The Morgan fingerprint density at radius 3 is 2.69 bits per heavy atom. The maximum atomic E-state index is 12.3. The summed E-state index contributed by atoms with van der Waals surface area (Å²) in [5.74, 6) is 0.764. The molecule has 32 heavy (non-hydrogen) atoms. The summed E-state index contributed by atoms with van der Waals surface area (Å²) in [7, 11) is 0. The van der Waals surface area contributed by atoms with Gasteiger partial charge in [0.2, 0.25) is 5.91 Å². The highest BCUT2D eigenvalue weighted by molar-refractivity contribution is 5.91. The number of anilines is 1. The molecule has 0 fully saturated rings. The smallest absolute Gasteiger partial charge is 0.230 e. The average molecular weight is 424 g/mol. The number of carbonyl (C=O) groups excluding carboxylic acids is 1. The molecule has 0 atom stereocenters. The molecular formula is C24H20N6O2. The van der Waals surface area contributed by atoms with Gasteiger partial charge in [0.05, 0.1) is 24.5 Å². The number of H-pyrrole nitrogens is 1. The fourth-order valence-electron chi connectivity index (χ4n) is 3.48. The number of imidazole rings is 1. The molecular weight excluding hydrogens is 404 g/mol. The number of nitrogens with zero attached hydrogens (tertiary/aromatic N) is 4. The second-order valence-electron chi connectivity index (χ2n) is 7.55. The molecule has 0 aliphatic rings. The number of pyridine rings is 1. The molecule has 5 aromatic rings. The first kappa shape index (κ1) is 19.5. The molecule has 0 saturated heterocycles. The third-order valence-corrected chi connectivity index (χ3v) is 5.16. The predicted octanol–water partition coefficient (Wildman–Crippen LogP) is 4.59. The van der Waals surface area contributed by atoms with Crippen LogP contribution >= 0.6 is 0 Å². The van der Waals surface area contributed by atoms with Crippen molar-refractivity contribution in [1.82, 2.24) is 24.7 Å². The highest BCUT2D eigenvalue weighted by atomic mass is 16.5. The van der Waals surface area contributed by atoms with Gasteiger partial charge < -0.3 is 9.84 Å². The van der Waals surface area contributed by atoms with Gasteiger partial charge in [0, 0.05) is 29.6 Å². The van der Waals surface area contributed by atoms with Gasteiger partial charge in [-0.05, 0) is 35.8 Å². The van der Waals surface area contributed by atoms with Crippen LogP contribution in [0.5, 0.6) is 0 Å². The number of nitrogens with one attached hydrogen (secondary N) is 2. The highest BCUT2D eigenvalue weighted by Crippen LogP contribution is 2.25. The fourth-order valence-corrected chi connectivity index (χ4v) is 3.48. The molecule has 1 aromatic carbocycles. The summed E-state index contributed by atoms with van der Waals surface area (Å²) in [6.45, 7) is 5.61. The van der Waals surface area contributed by atoms with Gasteiger partial charge in [0.25, 0.3) is 0 Å². The SMILES string of the molecule is C=C(C)c1cc(NC(=O)Cc2ccc(-c3cnc4cc(-c5cn[nH]c5)ccn34)cc2)no1. The molecule has 4 aromatic heterocycles. The summed E-state index contributed by atoms with van der Waals surface area (Å²) in [6, 6.07) is 13.6. The summed E-state index contributed by atoms with van der Waals surface area (Å²) < 4.78 is 7.16. The van der Waals surface area contributed by atoms with E-state index >= 15 is 0 Å². The zero-order valence-corrected chi connectivity index (χ0v) is 17.4. The van der Waals surface area contributed by atoms with E-state index in [9.17, 15) is 4.79 Å². The van der Waals surface area contributed by atoms with Crippen molar-refractivity contribution in [3.8, 4) is 22.4 Å². The van der Waals surface area contributed by atoms with Gasteiger partial charge >= 0.3 is 0 Å². The fraction of sp³-hybridized carbons (Fsp3) is 0.0833. The van der Waals surface area contributed by atoms with Crippen molar-refractivity contribution in [2.75, 3.05) is 5.32 Å². The number of aromatic nitrogens is 5. The lowest BCUT2D eigenvalue weighted by atomic mass is 10.1. The number of hydrogen-bond acceptors (Lipinski definition) is 5. The van der Waals surface area contributed by atoms with Gasteiger partial charge in [-0.15, -0.1) is 0 Å². The minimum absolute atomic E-state index is 0.166. The summed E-state index contributed by atoms with van der Waals surface area (Å²) >= 11 is 0. The van der Waals surface area contributed by atoms with Crippen LogP contribution in [0.15, 0.2) is 78.4 Å². The monoisotopic (exact) mass is 424 g/mol. The second-order valence-corrected chi connectivity index (χ2v) is 7.55. The number of rotatable bonds is 6. The van der Waals surface area contributed by atoms with E-state index in [1.807, 2.05) is 66.3 Å². The van der Waals surface area contributed by atoms with Crippen molar-refractivity contribution in [3.05, 3.63) is 85.2 Å². The van der Waals surface area contributed by atoms with E-state index in [1.54, 1.807) is 12.3 Å². The summed E-state index contributed by atoms with van der Waals surface area (Å²) in [4.78, 5) is 16.9. The third kappa shape index (κ3) is 3.81. The molecule has 8 nitrogen and oxygen atoms in total. The van der Waals surface area contributed by atoms with Crippen molar-refractivity contribution in [1.29, 1.82) is 0 Å². The average Bonchev–Trinajstić information content (AvgIpc) is 3.54. The molecule has 0 aliphatic carbocycles. The maximum Gasteiger partial charge on any atom is 0.230 e. The Balaban J connectivity index is 1.30. The van der Waals surface area contributed by atoms with E-state index in [2.05, 4.69) is 32.2 Å². The van der Waals surface area contributed by atoms with Gasteiger partial charge in [0.1, 0.15) is 5.65 Å². The lowest BCUT2D eigenvalue weighted by Crippen LogP contribution is -2.14. The molecule has 2 N–H and O–H groups in total. The van der Waals surface area contributed by atoms with E-state index in [1.165, 1.54) is 0 Å². The van der Waals surface area contributed by atoms with Gasteiger partial charge in [-0.1, -0.05) is 36.0 Å². The van der Waals surface area contributed by atoms with E-state index in [0.717, 1.165) is 39.2 Å². The molecule has 0 aliphatic heterocycles. The molecule has 1 amide bonds. The zero-order valence-electron chi connectivity index (χ0n) is 17.4. The van der Waals surface area contributed by atoms with Crippen molar-refractivity contribution in [3.63, 3.8) is 0 Å².